The number of rotatable bonds is 0. The van der Waals surface area contributed by atoms with Gasteiger partial charge in [0, 0.05) is 0 Å². The molecule has 2 unspecified atom stereocenters. The van der Waals surface area contributed by atoms with Crippen molar-refractivity contribution in [2.75, 3.05) is 0 Å². The van der Waals surface area contributed by atoms with E-state index in [1.807, 2.05) is 0 Å². The number of allylic oxidation sites excluding steroid dienone is 4. The summed E-state index contributed by atoms with van der Waals surface area (Å²) < 4.78 is 0. The summed E-state index contributed by atoms with van der Waals surface area (Å²) in [4.78, 5) is 0. The molecule has 13 heavy (non-hydrogen) atoms. The van der Waals surface area contributed by atoms with E-state index in [0.29, 0.717) is 5.41 Å². The van der Waals surface area contributed by atoms with E-state index in [-0.39, 0.29) is 0 Å². The Morgan fingerprint density at radius 2 is 2.15 bits per heavy atom. The number of fused-ring (bicyclic) bond motifs is 1. The van der Waals surface area contributed by atoms with E-state index in [4.69, 9.17) is 0 Å². The van der Waals surface area contributed by atoms with Crippen LogP contribution in [0.4, 0.5) is 0 Å². The Bertz CT molecular complexity index is 270. The molecule has 2 rings (SSSR count). The van der Waals surface area contributed by atoms with Crippen LogP contribution in [0.1, 0.15) is 46.5 Å². The third-order valence-electron chi connectivity index (χ3n) is 3.77. The molecular weight excluding hydrogens is 156 g/mol. The van der Waals surface area contributed by atoms with Crippen LogP contribution in [-0.4, -0.2) is 0 Å². The van der Waals surface area contributed by atoms with Gasteiger partial charge in [0.05, 0.1) is 0 Å². The van der Waals surface area contributed by atoms with E-state index in [1.165, 1.54) is 25.7 Å². The Morgan fingerprint density at radius 1 is 1.38 bits per heavy atom. The van der Waals surface area contributed by atoms with Gasteiger partial charge in [-0.3, -0.25) is 0 Å². The highest BCUT2D eigenvalue weighted by atomic mass is 14.4. The molecule has 0 heterocycles. The molecule has 0 aliphatic heterocycles. The molecule has 0 amide bonds. The average molecular weight is 176 g/mol. The maximum Gasteiger partial charge on any atom is -0.00759 e. The molecule has 0 aromatic rings. The van der Waals surface area contributed by atoms with Crippen LogP contribution < -0.4 is 0 Å². The minimum Gasteiger partial charge on any atom is -0.0725 e. The predicted octanol–water partition coefficient (Wildman–Crippen LogP) is 4.09. The summed E-state index contributed by atoms with van der Waals surface area (Å²) in [7, 11) is 0. The highest BCUT2D eigenvalue weighted by Crippen LogP contribution is 2.48. The maximum absolute atomic E-state index is 2.45. The Kier molecular flexibility index (Phi) is 2.09. The van der Waals surface area contributed by atoms with E-state index < -0.39 is 0 Å². The van der Waals surface area contributed by atoms with Crippen LogP contribution in [0.5, 0.6) is 0 Å². The minimum atomic E-state index is 0.519. The molecular formula is C13H20. The maximum atomic E-state index is 2.45. The second-order valence-electron chi connectivity index (χ2n) is 5.29. The van der Waals surface area contributed by atoms with E-state index in [2.05, 4.69) is 32.9 Å². The van der Waals surface area contributed by atoms with Gasteiger partial charge < -0.3 is 0 Å². The van der Waals surface area contributed by atoms with Crippen LogP contribution in [0.25, 0.3) is 0 Å². The largest absolute Gasteiger partial charge is 0.0725 e. The zero-order valence-electron chi connectivity index (χ0n) is 9.06. The first-order valence-electron chi connectivity index (χ1n) is 5.47. The van der Waals surface area contributed by atoms with Gasteiger partial charge in [0.2, 0.25) is 0 Å². The fourth-order valence-electron chi connectivity index (χ4n) is 2.84. The van der Waals surface area contributed by atoms with E-state index in [9.17, 15) is 0 Å². The van der Waals surface area contributed by atoms with Gasteiger partial charge >= 0.3 is 0 Å². The highest BCUT2D eigenvalue weighted by Gasteiger charge is 2.35. The second kappa shape index (κ2) is 3.01. The molecule has 2 aliphatic rings. The standard InChI is InChI=1S/C13H20/c1-10-6-7-13(3)9-11(2)4-5-12(13)8-10/h4-5,10H,6-9H2,1-3H3. The topological polar surface area (TPSA) is 0 Å². The van der Waals surface area contributed by atoms with Crippen molar-refractivity contribution in [3.8, 4) is 0 Å². The van der Waals surface area contributed by atoms with E-state index in [1.54, 1.807) is 11.1 Å². The van der Waals surface area contributed by atoms with Crippen molar-refractivity contribution in [2.24, 2.45) is 11.3 Å². The smallest absolute Gasteiger partial charge is 0.00759 e. The van der Waals surface area contributed by atoms with Gasteiger partial charge in [0.25, 0.3) is 0 Å². The van der Waals surface area contributed by atoms with Gasteiger partial charge in [-0.2, -0.15) is 0 Å². The summed E-state index contributed by atoms with van der Waals surface area (Å²) in [5, 5.41) is 0. The molecule has 1 fully saturated rings. The third kappa shape index (κ3) is 1.59. The first kappa shape index (κ1) is 9.05. The summed E-state index contributed by atoms with van der Waals surface area (Å²) in [5.41, 5.74) is 3.78. The van der Waals surface area contributed by atoms with Crippen LogP contribution in [0.2, 0.25) is 0 Å². The van der Waals surface area contributed by atoms with Crippen molar-refractivity contribution >= 4 is 0 Å². The van der Waals surface area contributed by atoms with Gasteiger partial charge in [0.15, 0.2) is 0 Å². The zero-order chi connectivity index (χ0) is 9.47. The molecule has 2 atom stereocenters. The number of hydrogen-bond acceptors (Lipinski definition) is 0. The lowest BCUT2D eigenvalue weighted by Crippen LogP contribution is -2.28. The van der Waals surface area contributed by atoms with Crippen molar-refractivity contribution < 1.29 is 0 Å². The Labute approximate surface area is 81.7 Å². The SMILES string of the molecule is CC1=CC=C2CC(C)CCC2(C)C1. The molecule has 0 radical (unpaired) electrons. The molecule has 0 heteroatoms. The fraction of sp³-hybridized carbons (Fsp3) is 0.692. The molecule has 0 spiro atoms. The van der Waals surface area contributed by atoms with E-state index >= 15 is 0 Å². The lowest BCUT2D eigenvalue weighted by molar-refractivity contribution is 0.254. The summed E-state index contributed by atoms with van der Waals surface area (Å²) in [6.07, 6.45) is 10.1. The molecule has 0 N–H and O–H groups in total. The molecule has 0 aromatic carbocycles. The molecule has 0 aromatic heterocycles. The van der Waals surface area contributed by atoms with Gasteiger partial charge in [-0.05, 0) is 43.9 Å². The zero-order valence-corrected chi connectivity index (χ0v) is 9.06. The van der Waals surface area contributed by atoms with Gasteiger partial charge in [-0.1, -0.05) is 37.1 Å². The summed E-state index contributed by atoms with van der Waals surface area (Å²) in [6, 6.07) is 0. The summed E-state index contributed by atoms with van der Waals surface area (Å²) in [6.45, 7) is 7.09. The normalized spacial score (nSPS) is 39.2. The monoisotopic (exact) mass is 176 g/mol. The molecule has 2 aliphatic carbocycles. The van der Waals surface area contributed by atoms with Crippen LogP contribution in [0.15, 0.2) is 23.3 Å². The number of hydrogen-bond donors (Lipinski definition) is 0. The van der Waals surface area contributed by atoms with E-state index in [0.717, 1.165) is 5.92 Å². The molecule has 0 nitrogen and oxygen atoms in total. The summed E-state index contributed by atoms with van der Waals surface area (Å²) >= 11 is 0. The van der Waals surface area contributed by atoms with Crippen LogP contribution in [0, 0.1) is 11.3 Å². The Morgan fingerprint density at radius 3 is 2.92 bits per heavy atom. The first-order valence-corrected chi connectivity index (χ1v) is 5.47. The average Bonchev–Trinajstić information content (AvgIpc) is 2.06. The Balaban J connectivity index is 2.27. The summed E-state index contributed by atoms with van der Waals surface area (Å²) in [5.74, 6) is 0.908. The quantitative estimate of drug-likeness (QED) is 0.521. The van der Waals surface area contributed by atoms with Crippen LogP contribution in [-0.2, 0) is 0 Å². The van der Waals surface area contributed by atoms with Crippen molar-refractivity contribution in [3.63, 3.8) is 0 Å². The van der Waals surface area contributed by atoms with Crippen molar-refractivity contribution in [1.82, 2.24) is 0 Å². The van der Waals surface area contributed by atoms with Crippen molar-refractivity contribution in [2.45, 2.75) is 46.5 Å². The fourth-order valence-corrected chi connectivity index (χ4v) is 2.84. The Hall–Kier alpha value is -0.520. The van der Waals surface area contributed by atoms with Crippen molar-refractivity contribution in [1.29, 1.82) is 0 Å². The lowest BCUT2D eigenvalue weighted by Gasteiger charge is -2.41. The second-order valence-corrected chi connectivity index (χ2v) is 5.29. The van der Waals surface area contributed by atoms with Crippen LogP contribution in [0.3, 0.4) is 0 Å². The van der Waals surface area contributed by atoms with Crippen LogP contribution >= 0.6 is 0 Å². The lowest BCUT2D eigenvalue weighted by atomic mass is 9.64. The van der Waals surface area contributed by atoms with Crippen molar-refractivity contribution in [3.05, 3.63) is 23.3 Å². The molecule has 1 saturated carbocycles. The minimum absolute atomic E-state index is 0.519. The molecule has 72 valence electrons. The predicted molar refractivity (Wildman–Crippen MR) is 57.6 cm³/mol. The molecule has 0 saturated heterocycles. The van der Waals surface area contributed by atoms with Gasteiger partial charge in [0.1, 0.15) is 0 Å². The van der Waals surface area contributed by atoms with Gasteiger partial charge in [-0.25, -0.2) is 0 Å². The third-order valence-corrected chi connectivity index (χ3v) is 3.77. The highest BCUT2D eigenvalue weighted by molar-refractivity contribution is 5.31. The first-order chi connectivity index (χ1) is 6.10. The molecule has 0 bridgehead atoms. The van der Waals surface area contributed by atoms with Gasteiger partial charge in [-0.15, -0.1) is 0 Å².